The smallest absolute Gasteiger partial charge is 0.317 e. The topological polar surface area (TPSA) is 65.5 Å². The Labute approximate surface area is 126 Å². The summed E-state index contributed by atoms with van der Waals surface area (Å²) in [5.41, 5.74) is 1.13. The van der Waals surface area contributed by atoms with Crippen LogP contribution in [0, 0.1) is 5.92 Å². The molecule has 1 aromatic rings. The van der Waals surface area contributed by atoms with E-state index in [2.05, 4.69) is 10.3 Å². The van der Waals surface area contributed by atoms with Crippen molar-refractivity contribution in [2.75, 3.05) is 20.2 Å². The van der Waals surface area contributed by atoms with Gasteiger partial charge < -0.3 is 15.3 Å². The molecule has 2 amide bonds. The normalized spacial score (nSPS) is 21.8. The van der Waals surface area contributed by atoms with E-state index in [1.807, 2.05) is 30.3 Å². The van der Waals surface area contributed by atoms with E-state index in [9.17, 15) is 4.79 Å². The minimum absolute atomic E-state index is 0.00802. The molecule has 1 aliphatic carbocycles. The van der Waals surface area contributed by atoms with E-state index >= 15 is 0 Å². The average molecular weight is 291 g/mol. The Kier molecular flexibility index (Phi) is 5.99. The van der Waals surface area contributed by atoms with Crippen LogP contribution in [0.15, 0.2) is 24.5 Å². The second-order valence-corrected chi connectivity index (χ2v) is 5.81. The van der Waals surface area contributed by atoms with Crippen LogP contribution in [0.4, 0.5) is 4.79 Å². The van der Waals surface area contributed by atoms with Crippen molar-refractivity contribution in [3.8, 4) is 0 Å². The number of aromatic nitrogens is 1. The summed E-state index contributed by atoms with van der Waals surface area (Å²) in [5.74, 6) is 0.420. The third-order valence-electron chi connectivity index (χ3n) is 4.36. The molecule has 0 saturated heterocycles. The van der Waals surface area contributed by atoms with Gasteiger partial charge in [0.25, 0.3) is 0 Å². The first-order valence-corrected chi connectivity index (χ1v) is 7.71. The van der Waals surface area contributed by atoms with Crippen molar-refractivity contribution >= 4 is 6.03 Å². The van der Waals surface area contributed by atoms with Crippen molar-refractivity contribution in [2.24, 2.45) is 5.92 Å². The lowest BCUT2D eigenvalue weighted by atomic mass is 9.86. The molecule has 2 N–H and O–H groups in total. The Morgan fingerprint density at radius 1 is 1.43 bits per heavy atom. The zero-order valence-electron chi connectivity index (χ0n) is 12.7. The van der Waals surface area contributed by atoms with Gasteiger partial charge in [0, 0.05) is 38.6 Å². The fourth-order valence-electron chi connectivity index (χ4n) is 2.87. The zero-order chi connectivity index (χ0) is 15.1. The van der Waals surface area contributed by atoms with Crippen LogP contribution >= 0.6 is 0 Å². The Hall–Kier alpha value is -1.62. The number of amides is 2. The van der Waals surface area contributed by atoms with E-state index in [4.69, 9.17) is 5.11 Å². The van der Waals surface area contributed by atoms with Gasteiger partial charge in [-0.05, 0) is 49.7 Å². The van der Waals surface area contributed by atoms with Crippen molar-refractivity contribution in [1.29, 1.82) is 0 Å². The molecular formula is C16H25N3O2. The molecule has 1 fully saturated rings. The van der Waals surface area contributed by atoms with Gasteiger partial charge in [-0.15, -0.1) is 0 Å². The van der Waals surface area contributed by atoms with Crippen molar-refractivity contribution < 1.29 is 9.90 Å². The van der Waals surface area contributed by atoms with E-state index in [1.165, 1.54) is 0 Å². The fraction of sp³-hybridized carbons (Fsp3) is 0.625. The van der Waals surface area contributed by atoms with Crippen LogP contribution in [-0.2, 0) is 6.42 Å². The Balaban J connectivity index is 1.70. The molecule has 1 saturated carbocycles. The highest BCUT2D eigenvalue weighted by atomic mass is 16.3. The lowest BCUT2D eigenvalue weighted by molar-refractivity contribution is 0.134. The zero-order valence-corrected chi connectivity index (χ0v) is 12.7. The predicted octanol–water partition coefficient (Wildman–Crippen LogP) is 1.82. The number of urea groups is 1. The minimum atomic E-state index is -0.00802. The molecular weight excluding hydrogens is 266 g/mol. The maximum absolute atomic E-state index is 12.1. The van der Waals surface area contributed by atoms with Crippen LogP contribution in [0.3, 0.4) is 0 Å². The lowest BCUT2D eigenvalue weighted by Gasteiger charge is -2.34. The third-order valence-corrected chi connectivity index (χ3v) is 4.36. The summed E-state index contributed by atoms with van der Waals surface area (Å²) in [4.78, 5) is 18.0. The van der Waals surface area contributed by atoms with Crippen LogP contribution in [-0.4, -0.2) is 47.3 Å². The van der Waals surface area contributed by atoms with Gasteiger partial charge in [-0.1, -0.05) is 6.07 Å². The number of carbonyl (C=O) groups is 1. The maximum Gasteiger partial charge on any atom is 0.317 e. The molecule has 1 heterocycles. The van der Waals surface area contributed by atoms with Gasteiger partial charge in [0.15, 0.2) is 0 Å². The molecule has 5 heteroatoms. The molecule has 0 unspecified atom stereocenters. The third kappa shape index (κ3) is 4.70. The molecule has 0 aliphatic heterocycles. The predicted molar refractivity (Wildman–Crippen MR) is 81.9 cm³/mol. The highest BCUT2D eigenvalue weighted by Gasteiger charge is 2.25. The molecule has 1 aliphatic rings. The Morgan fingerprint density at radius 3 is 2.81 bits per heavy atom. The number of hydrogen-bond acceptors (Lipinski definition) is 3. The van der Waals surface area contributed by atoms with E-state index in [1.54, 1.807) is 6.20 Å². The van der Waals surface area contributed by atoms with Gasteiger partial charge >= 0.3 is 6.03 Å². The first kappa shape index (κ1) is 15.8. The lowest BCUT2D eigenvalue weighted by Crippen LogP contribution is -2.45. The van der Waals surface area contributed by atoms with Crippen LogP contribution < -0.4 is 5.32 Å². The van der Waals surface area contributed by atoms with Crippen LogP contribution in [0.25, 0.3) is 0 Å². The first-order chi connectivity index (χ1) is 10.2. The summed E-state index contributed by atoms with van der Waals surface area (Å²) in [6, 6.07) is 4.21. The number of nitrogens with zero attached hydrogens (tertiary/aromatic N) is 2. The molecule has 5 nitrogen and oxygen atoms in total. The highest BCUT2D eigenvalue weighted by Crippen LogP contribution is 2.26. The second-order valence-electron chi connectivity index (χ2n) is 5.81. The van der Waals surface area contributed by atoms with Gasteiger partial charge in [0.2, 0.25) is 0 Å². The standard InChI is InChI=1S/C16H25N3O2/c1-19(15-6-4-14(12-20)5-7-15)16(21)18-10-8-13-3-2-9-17-11-13/h2-3,9,11,14-15,20H,4-8,10,12H2,1H3,(H,18,21). The second kappa shape index (κ2) is 7.98. The molecule has 0 radical (unpaired) electrons. The largest absolute Gasteiger partial charge is 0.396 e. The number of carbonyl (C=O) groups excluding carboxylic acids is 1. The van der Waals surface area contributed by atoms with Crippen molar-refractivity contribution in [1.82, 2.24) is 15.2 Å². The van der Waals surface area contributed by atoms with Crippen LogP contribution in [0.1, 0.15) is 31.2 Å². The fourth-order valence-corrected chi connectivity index (χ4v) is 2.87. The molecule has 0 atom stereocenters. The first-order valence-electron chi connectivity index (χ1n) is 7.71. The molecule has 0 spiro atoms. The maximum atomic E-state index is 12.1. The summed E-state index contributed by atoms with van der Waals surface area (Å²) in [6.45, 7) is 0.897. The van der Waals surface area contributed by atoms with E-state index in [0.717, 1.165) is 37.7 Å². The summed E-state index contributed by atoms with van der Waals surface area (Å²) in [6.07, 6.45) is 8.35. The van der Waals surface area contributed by atoms with Gasteiger partial charge in [0.1, 0.15) is 0 Å². The quantitative estimate of drug-likeness (QED) is 0.869. The number of hydrogen-bond donors (Lipinski definition) is 2. The molecule has 0 aromatic carbocycles. The number of nitrogens with one attached hydrogen (secondary N) is 1. The minimum Gasteiger partial charge on any atom is -0.396 e. The van der Waals surface area contributed by atoms with Gasteiger partial charge in [-0.3, -0.25) is 4.98 Å². The molecule has 116 valence electrons. The molecule has 1 aromatic heterocycles. The van der Waals surface area contributed by atoms with E-state index in [0.29, 0.717) is 18.5 Å². The molecule has 2 rings (SSSR count). The summed E-state index contributed by atoms with van der Waals surface area (Å²) in [7, 11) is 1.86. The summed E-state index contributed by atoms with van der Waals surface area (Å²) >= 11 is 0. The van der Waals surface area contributed by atoms with Gasteiger partial charge in [-0.25, -0.2) is 4.79 Å². The summed E-state index contributed by atoms with van der Waals surface area (Å²) < 4.78 is 0. The Bertz CT molecular complexity index is 430. The van der Waals surface area contributed by atoms with E-state index in [-0.39, 0.29) is 12.6 Å². The SMILES string of the molecule is CN(C(=O)NCCc1cccnc1)C1CCC(CO)CC1. The monoisotopic (exact) mass is 291 g/mol. The van der Waals surface area contributed by atoms with Crippen molar-refractivity contribution in [3.63, 3.8) is 0 Å². The number of pyridine rings is 1. The average Bonchev–Trinajstić information content (AvgIpc) is 2.55. The van der Waals surface area contributed by atoms with Crippen LogP contribution in [0.5, 0.6) is 0 Å². The number of aliphatic hydroxyl groups excluding tert-OH is 1. The number of rotatable bonds is 5. The van der Waals surface area contributed by atoms with Gasteiger partial charge in [0.05, 0.1) is 0 Å². The highest BCUT2D eigenvalue weighted by molar-refractivity contribution is 5.74. The summed E-state index contributed by atoms with van der Waals surface area (Å²) in [5, 5.41) is 12.1. The number of aliphatic hydroxyl groups is 1. The molecule has 21 heavy (non-hydrogen) atoms. The van der Waals surface area contributed by atoms with Crippen molar-refractivity contribution in [2.45, 2.75) is 38.1 Å². The molecule has 0 bridgehead atoms. The van der Waals surface area contributed by atoms with Crippen LogP contribution in [0.2, 0.25) is 0 Å². The van der Waals surface area contributed by atoms with Crippen molar-refractivity contribution in [3.05, 3.63) is 30.1 Å². The van der Waals surface area contributed by atoms with E-state index < -0.39 is 0 Å². The van der Waals surface area contributed by atoms with Gasteiger partial charge in [-0.2, -0.15) is 0 Å². The Morgan fingerprint density at radius 2 is 2.19 bits per heavy atom.